The second-order valence-corrected chi connectivity index (χ2v) is 3.32. The van der Waals surface area contributed by atoms with Gasteiger partial charge >= 0.3 is 0 Å². The lowest BCUT2D eigenvalue weighted by molar-refractivity contribution is 0.861. The second-order valence-electron chi connectivity index (χ2n) is 3.32. The van der Waals surface area contributed by atoms with Gasteiger partial charge in [-0.15, -0.1) is 0 Å². The molecule has 2 heterocycles. The summed E-state index contributed by atoms with van der Waals surface area (Å²) >= 11 is 0. The highest BCUT2D eigenvalue weighted by Gasteiger charge is 2.07. The summed E-state index contributed by atoms with van der Waals surface area (Å²) in [5, 5.41) is 8.73. The van der Waals surface area contributed by atoms with Crippen molar-refractivity contribution in [2.75, 3.05) is 0 Å². The average molecular weight is 211 g/mol. The molecule has 0 N–H and O–H groups in total. The van der Waals surface area contributed by atoms with Crippen LogP contribution in [0.2, 0.25) is 0 Å². The Bertz CT molecular complexity index is 608. The number of nitrogens with zero attached hydrogens (tertiary/aromatic N) is 3. The van der Waals surface area contributed by atoms with Gasteiger partial charge in [0.25, 0.3) is 5.56 Å². The summed E-state index contributed by atoms with van der Waals surface area (Å²) in [5.74, 6) is 0. The van der Waals surface area contributed by atoms with Crippen molar-refractivity contribution in [3.8, 4) is 17.5 Å². The van der Waals surface area contributed by atoms with Crippen molar-refractivity contribution < 1.29 is 0 Å². The maximum absolute atomic E-state index is 11.7. The predicted octanol–water partition coefficient (Wildman–Crippen LogP) is 1.32. The highest BCUT2D eigenvalue weighted by Crippen LogP contribution is 2.13. The van der Waals surface area contributed by atoms with E-state index in [1.54, 1.807) is 19.3 Å². The van der Waals surface area contributed by atoms with Crippen LogP contribution in [-0.2, 0) is 7.05 Å². The van der Waals surface area contributed by atoms with Crippen LogP contribution in [0.5, 0.6) is 0 Å². The van der Waals surface area contributed by atoms with Crippen molar-refractivity contribution in [3.05, 3.63) is 52.4 Å². The Morgan fingerprint density at radius 3 is 2.75 bits per heavy atom. The van der Waals surface area contributed by atoms with Crippen molar-refractivity contribution in [1.82, 2.24) is 9.55 Å². The smallest absolute Gasteiger partial charge is 0.268 e. The van der Waals surface area contributed by atoms with E-state index < -0.39 is 0 Å². The van der Waals surface area contributed by atoms with Crippen molar-refractivity contribution in [2.24, 2.45) is 7.05 Å². The van der Waals surface area contributed by atoms with Gasteiger partial charge in [-0.05, 0) is 24.3 Å². The zero-order valence-corrected chi connectivity index (χ0v) is 8.71. The van der Waals surface area contributed by atoms with Gasteiger partial charge in [-0.3, -0.25) is 9.78 Å². The Morgan fingerprint density at radius 2 is 2.12 bits per heavy atom. The second kappa shape index (κ2) is 3.99. The Balaban J connectivity index is 2.67. The molecule has 0 aliphatic heterocycles. The molecule has 0 saturated heterocycles. The fraction of sp³-hybridized carbons (Fsp3) is 0.0833. The quantitative estimate of drug-likeness (QED) is 0.714. The van der Waals surface area contributed by atoms with E-state index in [1.165, 1.54) is 10.6 Å². The number of hydrogen-bond acceptors (Lipinski definition) is 3. The first kappa shape index (κ1) is 10.1. The molecule has 16 heavy (non-hydrogen) atoms. The summed E-state index contributed by atoms with van der Waals surface area (Å²) in [6.07, 6.45) is 1.66. The summed E-state index contributed by atoms with van der Waals surface area (Å²) < 4.78 is 1.43. The van der Waals surface area contributed by atoms with Crippen LogP contribution in [0.15, 0.2) is 41.3 Å². The highest BCUT2D eigenvalue weighted by atomic mass is 16.1. The molecule has 0 amide bonds. The molecule has 0 atom stereocenters. The normalized spacial score (nSPS) is 9.75. The summed E-state index contributed by atoms with van der Waals surface area (Å²) in [4.78, 5) is 15.9. The van der Waals surface area contributed by atoms with Gasteiger partial charge in [0.15, 0.2) is 0 Å². The molecule has 0 aromatic carbocycles. The maximum atomic E-state index is 11.7. The van der Waals surface area contributed by atoms with Crippen LogP contribution < -0.4 is 5.56 Å². The third kappa shape index (κ3) is 1.59. The van der Waals surface area contributed by atoms with E-state index in [0.717, 1.165) is 0 Å². The van der Waals surface area contributed by atoms with Gasteiger partial charge in [0, 0.05) is 13.2 Å². The zero-order chi connectivity index (χ0) is 11.5. The van der Waals surface area contributed by atoms with E-state index in [2.05, 4.69) is 4.98 Å². The summed E-state index contributed by atoms with van der Waals surface area (Å²) in [5.41, 5.74) is 1.25. The van der Waals surface area contributed by atoms with E-state index in [0.29, 0.717) is 11.4 Å². The number of aromatic nitrogens is 2. The van der Waals surface area contributed by atoms with E-state index in [9.17, 15) is 4.79 Å². The first-order valence-corrected chi connectivity index (χ1v) is 4.75. The van der Waals surface area contributed by atoms with Gasteiger partial charge < -0.3 is 4.57 Å². The molecule has 0 aliphatic rings. The first-order valence-electron chi connectivity index (χ1n) is 4.75. The van der Waals surface area contributed by atoms with E-state index in [-0.39, 0.29) is 11.1 Å². The minimum atomic E-state index is -0.300. The number of hydrogen-bond donors (Lipinski definition) is 0. The van der Waals surface area contributed by atoms with Crippen molar-refractivity contribution >= 4 is 0 Å². The van der Waals surface area contributed by atoms with Gasteiger partial charge in [-0.1, -0.05) is 6.07 Å². The van der Waals surface area contributed by atoms with Crippen LogP contribution in [0, 0.1) is 11.3 Å². The maximum Gasteiger partial charge on any atom is 0.268 e. The molecule has 0 unspecified atom stereocenters. The van der Waals surface area contributed by atoms with Crippen LogP contribution in [0.1, 0.15) is 5.56 Å². The number of rotatable bonds is 1. The zero-order valence-electron chi connectivity index (χ0n) is 8.71. The molecular formula is C12H9N3O. The van der Waals surface area contributed by atoms with Crippen LogP contribution in [-0.4, -0.2) is 9.55 Å². The van der Waals surface area contributed by atoms with Crippen molar-refractivity contribution in [3.63, 3.8) is 0 Å². The molecule has 2 rings (SSSR count). The molecule has 0 spiro atoms. The Hall–Kier alpha value is -2.41. The minimum absolute atomic E-state index is 0.141. The lowest BCUT2D eigenvalue weighted by atomic mass is 10.2. The van der Waals surface area contributed by atoms with E-state index in [4.69, 9.17) is 5.26 Å². The third-order valence-corrected chi connectivity index (χ3v) is 2.35. The largest absolute Gasteiger partial charge is 0.309 e. The lowest BCUT2D eigenvalue weighted by Crippen LogP contribution is -2.20. The molecule has 4 heteroatoms. The lowest BCUT2D eigenvalue weighted by Gasteiger charge is -2.06. The third-order valence-electron chi connectivity index (χ3n) is 2.35. The van der Waals surface area contributed by atoms with Crippen molar-refractivity contribution in [1.29, 1.82) is 5.26 Å². The van der Waals surface area contributed by atoms with Crippen LogP contribution in [0.25, 0.3) is 11.4 Å². The standard InChI is InChI=1S/C12H9N3O/c1-15-11(10-4-2-3-7-14-10)6-5-9(8-13)12(15)16/h2-7H,1H3. The van der Waals surface area contributed by atoms with Gasteiger partial charge in [0.2, 0.25) is 0 Å². The summed E-state index contributed by atoms with van der Waals surface area (Å²) in [6, 6.07) is 10.6. The molecule has 2 aromatic rings. The van der Waals surface area contributed by atoms with E-state index >= 15 is 0 Å². The van der Waals surface area contributed by atoms with Crippen molar-refractivity contribution in [2.45, 2.75) is 0 Å². The van der Waals surface area contributed by atoms with Crippen LogP contribution in [0.3, 0.4) is 0 Å². The molecule has 0 radical (unpaired) electrons. The Labute approximate surface area is 92.4 Å². The molecule has 78 valence electrons. The molecule has 2 aromatic heterocycles. The van der Waals surface area contributed by atoms with Gasteiger partial charge in [-0.25, -0.2) is 0 Å². The minimum Gasteiger partial charge on any atom is -0.309 e. The Morgan fingerprint density at radius 1 is 1.31 bits per heavy atom. The molecule has 0 fully saturated rings. The topological polar surface area (TPSA) is 58.7 Å². The molecule has 0 bridgehead atoms. The van der Waals surface area contributed by atoms with Gasteiger partial charge in [0.05, 0.1) is 11.4 Å². The number of pyridine rings is 2. The van der Waals surface area contributed by atoms with E-state index in [1.807, 2.05) is 24.3 Å². The molecular weight excluding hydrogens is 202 g/mol. The average Bonchev–Trinajstić information content (AvgIpc) is 2.34. The molecule has 0 saturated carbocycles. The monoisotopic (exact) mass is 211 g/mol. The van der Waals surface area contributed by atoms with Gasteiger partial charge in [-0.2, -0.15) is 5.26 Å². The fourth-order valence-corrected chi connectivity index (χ4v) is 1.49. The van der Waals surface area contributed by atoms with Crippen LogP contribution >= 0.6 is 0 Å². The molecule has 0 aliphatic carbocycles. The van der Waals surface area contributed by atoms with Crippen LogP contribution in [0.4, 0.5) is 0 Å². The SMILES string of the molecule is Cn1c(-c2ccccn2)ccc(C#N)c1=O. The van der Waals surface area contributed by atoms with Gasteiger partial charge in [0.1, 0.15) is 11.6 Å². The summed E-state index contributed by atoms with van der Waals surface area (Å²) in [6.45, 7) is 0. The molecule has 4 nitrogen and oxygen atoms in total. The fourth-order valence-electron chi connectivity index (χ4n) is 1.49. The highest BCUT2D eigenvalue weighted by molar-refractivity contribution is 5.55. The first-order chi connectivity index (χ1) is 7.74. The Kier molecular flexibility index (Phi) is 2.52. The predicted molar refractivity (Wildman–Crippen MR) is 59.6 cm³/mol. The summed E-state index contributed by atoms with van der Waals surface area (Å²) in [7, 11) is 1.63. The number of nitriles is 1.